The van der Waals surface area contributed by atoms with E-state index in [-0.39, 0.29) is 0 Å². The van der Waals surface area contributed by atoms with Gasteiger partial charge in [-0.25, -0.2) is 9.97 Å². The van der Waals surface area contributed by atoms with Crippen LogP contribution in [0.1, 0.15) is 5.56 Å². The molecule has 1 aromatic carbocycles. The minimum absolute atomic E-state index is 0.903. The molecule has 0 atom stereocenters. The van der Waals surface area contributed by atoms with Crippen LogP contribution in [0.25, 0.3) is 27.8 Å². The third-order valence-electron chi connectivity index (χ3n) is 3.56. The van der Waals surface area contributed by atoms with Gasteiger partial charge >= 0.3 is 0 Å². The highest BCUT2D eigenvalue weighted by Crippen LogP contribution is 2.29. The molecule has 0 radical (unpaired) electrons. The number of aryl methyl sites for hydroxylation is 1. The van der Waals surface area contributed by atoms with Gasteiger partial charge in [-0.1, -0.05) is 24.3 Å². The molecular formula is C17H13N3. The van der Waals surface area contributed by atoms with Crippen molar-refractivity contribution in [2.24, 2.45) is 0 Å². The number of nitrogens with zero attached hydrogens (tertiary/aromatic N) is 3. The average Bonchev–Trinajstić information content (AvgIpc) is 2.83. The van der Waals surface area contributed by atoms with Crippen LogP contribution in [0, 0.1) is 6.92 Å². The second kappa shape index (κ2) is 4.17. The summed E-state index contributed by atoms with van der Waals surface area (Å²) >= 11 is 0. The summed E-state index contributed by atoms with van der Waals surface area (Å²) in [6.45, 7) is 2.04. The number of para-hydroxylation sites is 1. The first-order valence-electron chi connectivity index (χ1n) is 6.62. The van der Waals surface area contributed by atoms with Crippen LogP contribution >= 0.6 is 0 Å². The Labute approximate surface area is 116 Å². The van der Waals surface area contributed by atoms with Crippen molar-refractivity contribution in [2.75, 3.05) is 0 Å². The molecule has 0 saturated heterocycles. The Morgan fingerprint density at radius 3 is 2.55 bits per heavy atom. The summed E-state index contributed by atoms with van der Waals surface area (Å²) in [6.07, 6.45) is 3.71. The van der Waals surface area contributed by atoms with E-state index in [1.165, 1.54) is 5.39 Å². The summed E-state index contributed by atoms with van der Waals surface area (Å²) in [5.74, 6) is 0.903. The van der Waals surface area contributed by atoms with Gasteiger partial charge in [0.2, 0.25) is 0 Å². The predicted molar refractivity (Wildman–Crippen MR) is 81.1 cm³/mol. The Kier molecular flexibility index (Phi) is 2.33. The summed E-state index contributed by atoms with van der Waals surface area (Å²) in [5.41, 5.74) is 3.24. The molecular weight excluding hydrogens is 246 g/mol. The SMILES string of the molecule is Cc1ccc(-n2c3ccccc3c3cccnc32)nc1. The monoisotopic (exact) mass is 259 g/mol. The highest BCUT2D eigenvalue weighted by molar-refractivity contribution is 6.07. The molecule has 0 bridgehead atoms. The lowest BCUT2D eigenvalue weighted by Crippen LogP contribution is -1.98. The molecule has 4 aromatic rings. The first kappa shape index (κ1) is 11.2. The molecule has 3 heterocycles. The summed E-state index contributed by atoms with van der Waals surface area (Å²) < 4.78 is 2.12. The Bertz CT molecular complexity index is 851. The molecule has 4 rings (SSSR count). The molecule has 0 unspecified atom stereocenters. The van der Waals surface area contributed by atoms with Crippen molar-refractivity contribution >= 4 is 21.9 Å². The number of hydrogen-bond acceptors (Lipinski definition) is 2. The van der Waals surface area contributed by atoms with Crippen molar-refractivity contribution in [3.8, 4) is 5.82 Å². The summed E-state index contributed by atoms with van der Waals surface area (Å²) in [4.78, 5) is 9.08. The molecule has 3 aromatic heterocycles. The molecule has 0 aliphatic heterocycles. The predicted octanol–water partition coefficient (Wildman–Crippen LogP) is 3.88. The van der Waals surface area contributed by atoms with Crippen molar-refractivity contribution < 1.29 is 0 Å². The van der Waals surface area contributed by atoms with Gasteiger partial charge in [-0.2, -0.15) is 0 Å². The lowest BCUT2D eigenvalue weighted by atomic mass is 10.2. The standard InChI is InChI=1S/C17H13N3/c1-12-8-9-16(19-11-12)20-15-7-3-2-5-13(15)14-6-4-10-18-17(14)20/h2-11H,1H3. The van der Waals surface area contributed by atoms with Gasteiger partial charge in [-0.05, 0) is 36.8 Å². The topological polar surface area (TPSA) is 30.7 Å². The van der Waals surface area contributed by atoms with Gasteiger partial charge in [-0.15, -0.1) is 0 Å². The molecule has 0 fully saturated rings. The zero-order valence-corrected chi connectivity index (χ0v) is 11.1. The zero-order chi connectivity index (χ0) is 13.5. The van der Waals surface area contributed by atoms with E-state index in [2.05, 4.69) is 44.9 Å². The quantitative estimate of drug-likeness (QED) is 0.519. The largest absolute Gasteiger partial charge is 0.278 e. The van der Waals surface area contributed by atoms with Crippen LogP contribution in [0.4, 0.5) is 0 Å². The lowest BCUT2D eigenvalue weighted by molar-refractivity contribution is 1.05. The molecule has 0 amide bonds. The smallest absolute Gasteiger partial charge is 0.146 e. The van der Waals surface area contributed by atoms with Crippen LogP contribution in [-0.4, -0.2) is 14.5 Å². The Balaban J connectivity index is 2.17. The Morgan fingerprint density at radius 2 is 1.70 bits per heavy atom. The first-order chi connectivity index (χ1) is 9.84. The van der Waals surface area contributed by atoms with Crippen molar-refractivity contribution in [1.29, 1.82) is 0 Å². The maximum atomic E-state index is 4.54. The van der Waals surface area contributed by atoms with Gasteiger partial charge < -0.3 is 0 Å². The lowest BCUT2D eigenvalue weighted by Gasteiger charge is -2.05. The van der Waals surface area contributed by atoms with Crippen LogP contribution in [0.5, 0.6) is 0 Å². The zero-order valence-electron chi connectivity index (χ0n) is 11.1. The van der Waals surface area contributed by atoms with E-state index in [1.54, 1.807) is 0 Å². The van der Waals surface area contributed by atoms with Gasteiger partial charge in [0, 0.05) is 23.2 Å². The molecule has 3 nitrogen and oxygen atoms in total. The normalized spacial score (nSPS) is 11.2. The molecule has 0 saturated carbocycles. The fourth-order valence-corrected chi connectivity index (χ4v) is 2.62. The van der Waals surface area contributed by atoms with Gasteiger partial charge in [0.1, 0.15) is 11.5 Å². The van der Waals surface area contributed by atoms with Crippen LogP contribution < -0.4 is 0 Å². The minimum Gasteiger partial charge on any atom is -0.278 e. The Hall–Kier alpha value is -2.68. The highest BCUT2D eigenvalue weighted by atomic mass is 15.1. The summed E-state index contributed by atoms with van der Waals surface area (Å²) in [6, 6.07) is 16.5. The van der Waals surface area contributed by atoms with E-state index in [4.69, 9.17) is 0 Å². The van der Waals surface area contributed by atoms with Crippen molar-refractivity contribution in [2.45, 2.75) is 6.92 Å². The van der Waals surface area contributed by atoms with Gasteiger partial charge in [-0.3, -0.25) is 4.57 Å². The molecule has 20 heavy (non-hydrogen) atoms. The molecule has 0 spiro atoms. The van der Waals surface area contributed by atoms with Crippen LogP contribution in [0.15, 0.2) is 60.9 Å². The number of rotatable bonds is 1. The van der Waals surface area contributed by atoms with E-state index in [9.17, 15) is 0 Å². The summed E-state index contributed by atoms with van der Waals surface area (Å²) in [7, 11) is 0. The van der Waals surface area contributed by atoms with Gasteiger partial charge in [0.15, 0.2) is 0 Å². The second-order valence-electron chi connectivity index (χ2n) is 4.92. The van der Waals surface area contributed by atoms with Crippen LogP contribution in [0.2, 0.25) is 0 Å². The van der Waals surface area contributed by atoms with Crippen molar-refractivity contribution in [1.82, 2.24) is 14.5 Å². The first-order valence-corrected chi connectivity index (χ1v) is 6.62. The third-order valence-corrected chi connectivity index (χ3v) is 3.56. The van der Waals surface area contributed by atoms with E-state index < -0.39 is 0 Å². The molecule has 96 valence electrons. The molecule has 0 aliphatic rings. The van der Waals surface area contributed by atoms with E-state index in [0.717, 1.165) is 27.9 Å². The fraction of sp³-hybridized carbons (Fsp3) is 0.0588. The van der Waals surface area contributed by atoms with E-state index in [0.29, 0.717) is 0 Å². The third kappa shape index (κ3) is 1.53. The highest BCUT2D eigenvalue weighted by Gasteiger charge is 2.12. The van der Waals surface area contributed by atoms with Gasteiger partial charge in [0.25, 0.3) is 0 Å². The van der Waals surface area contributed by atoms with Crippen molar-refractivity contribution in [3.05, 3.63) is 66.5 Å². The van der Waals surface area contributed by atoms with Crippen LogP contribution in [0.3, 0.4) is 0 Å². The number of hydrogen-bond donors (Lipinski definition) is 0. The maximum Gasteiger partial charge on any atom is 0.146 e. The molecule has 0 aliphatic carbocycles. The van der Waals surface area contributed by atoms with Gasteiger partial charge in [0.05, 0.1) is 5.52 Å². The van der Waals surface area contributed by atoms with E-state index in [1.807, 2.05) is 37.5 Å². The van der Waals surface area contributed by atoms with Crippen molar-refractivity contribution in [3.63, 3.8) is 0 Å². The van der Waals surface area contributed by atoms with E-state index >= 15 is 0 Å². The summed E-state index contributed by atoms with van der Waals surface area (Å²) in [5, 5.41) is 2.36. The number of fused-ring (bicyclic) bond motifs is 3. The fourth-order valence-electron chi connectivity index (χ4n) is 2.62. The maximum absolute atomic E-state index is 4.54. The second-order valence-corrected chi connectivity index (χ2v) is 4.92. The van der Waals surface area contributed by atoms with Crippen LogP contribution in [-0.2, 0) is 0 Å². The molecule has 0 N–H and O–H groups in total. The average molecular weight is 259 g/mol. The molecule has 3 heteroatoms. The number of benzene rings is 1. The Morgan fingerprint density at radius 1 is 0.850 bits per heavy atom. The number of pyridine rings is 2. The number of aromatic nitrogens is 3. The minimum atomic E-state index is 0.903.